The summed E-state index contributed by atoms with van der Waals surface area (Å²) in [6.45, 7) is 2.22. The molecule has 0 radical (unpaired) electrons. The lowest BCUT2D eigenvalue weighted by Crippen LogP contribution is -2.07. The summed E-state index contributed by atoms with van der Waals surface area (Å²) >= 11 is 0. The van der Waals surface area contributed by atoms with E-state index in [1.165, 1.54) is 24.0 Å². The fourth-order valence-electron chi connectivity index (χ4n) is 3.09. The number of benzene rings is 2. The number of rotatable bonds is 5. The molecule has 0 amide bonds. The van der Waals surface area contributed by atoms with E-state index >= 15 is 0 Å². The van der Waals surface area contributed by atoms with Crippen molar-refractivity contribution in [1.29, 1.82) is 0 Å². The van der Waals surface area contributed by atoms with Crippen LogP contribution in [0, 0.1) is 5.82 Å². The molecule has 0 fully saturated rings. The monoisotopic (exact) mass is 283 g/mol. The molecule has 1 N–H and O–H groups in total. The van der Waals surface area contributed by atoms with E-state index in [4.69, 9.17) is 0 Å². The van der Waals surface area contributed by atoms with E-state index in [-0.39, 0.29) is 5.82 Å². The average molecular weight is 283 g/mol. The van der Waals surface area contributed by atoms with Crippen LogP contribution in [0.1, 0.15) is 48.9 Å². The van der Waals surface area contributed by atoms with Gasteiger partial charge in [0.25, 0.3) is 0 Å². The highest BCUT2D eigenvalue weighted by molar-refractivity contribution is 5.49. The third-order valence-corrected chi connectivity index (χ3v) is 4.30. The Kier molecular flexibility index (Phi) is 4.23. The number of hydrogen-bond donors (Lipinski definition) is 1. The van der Waals surface area contributed by atoms with Crippen LogP contribution in [0.4, 0.5) is 10.1 Å². The third-order valence-electron chi connectivity index (χ3n) is 4.30. The molecule has 2 aromatic rings. The summed E-state index contributed by atoms with van der Waals surface area (Å²) in [6, 6.07) is 14.2. The largest absolute Gasteiger partial charge is 0.378 e. The van der Waals surface area contributed by atoms with Gasteiger partial charge in [0, 0.05) is 5.69 Å². The summed E-state index contributed by atoms with van der Waals surface area (Å²) in [4.78, 5) is 0. The lowest BCUT2D eigenvalue weighted by molar-refractivity contribution is 0.626. The SMILES string of the molecule is CCCCc1ccc(NC2CCc3cc(F)ccc32)cc1. The summed E-state index contributed by atoms with van der Waals surface area (Å²) in [6.07, 6.45) is 5.63. The molecule has 21 heavy (non-hydrogen) atoms. The van der Waals surface area contributed by atoms with Crippen LogP contribution in [-0.4, -0.2) is 0 Å². The number of fused-ring (bicyclic) bond motifs is 1. The molecule has 1 aliphatic rings. The first-order valence-corrected chi connectivity index (χ1v) is 7.90. The molecule has 0 saturated carbocycles. The topological polar surface area (TPSA) is 12.0 Å². The maximum atomic E-state index is 13.2. The van der Waals surface area contributed by atoms with Crippen LogP contribution in [0.25, 0.3) is 0 Å². The van der Waals surface area contributed by atoms with Crippen LogP contribution in [0.5, 0.6) is 0 Å². The Bertz CT molecular complexity index is 603. The molecule has 0 spiro atoms. The van der Waals surface area contributed by atoms with Crippen LogP contribution >= 0.6 is 0 Å². The number of nitrogens with one attached hydrogen (secondary N) is 1. The second-order valence-electron chi connectivity index (χ2n) is 5.88. The van der Waals surface area contributed by atoms with E-state index in [0.717, 1.165) is 30.5 Å². The first kappa shape index (κ1) is 14.1. The zero-order chi connectivity index (χ0) is 14.7. The number of unbranched alkanes of at least 4 members (excludes halogenated alkanes) is 1. The van der Waals surface area contributed by atoms with Crippen molar-refractivity contribution in [3.05, 3.63) is 65.0 Å². The van der Waals surface area contributed by atoms with Crippen LogP contribution in [0.15, 0.2) is 42.5 Å². The molecule has 1 unspecified atom stereocenters. The van der Waals surface area contributed by atoms with Crippen molar-refractivity contribution in [2.24, 2.45) is 0 Å². The van der Waals surface area contributed by atoms with Gasteiger partial charge in [-0.2, -0.15) is 0 Å². The Morgan fingerprint density at radius 1 is 1.14 bits per heavy atom. The third kappa shape index (κ3) is 3.26. The molecule has 0 aromatic heterocycles. The Hall–Kier alpha value is -1.83. The standard InChI is InChI=1S/C19H22FN/c1-2-3-4-14-5-9-17(10-6-14)21-19-12-7-15-13-16(20)8-11-18(15)19/h5-6,8-11,13,19,21H,2-4,7,12H2,1H3. The zero-order valence-electron chi connectivity index (χ0n) is 12.5. The summed E-state index contributed by atoms with van der Waals surface area (Å²) in [5, 5.41) is 3.58. The van der Waals surface area contributed by atoms with Gasteiger partial charge in [-0.1, -0.05) is 31.5 Å². The highest BCUT2D eigenvalue weighted by atomic mass is 19.1. The van der Waals surface area contributed by atoms with Crippen molar-refractivity contribution in [1.82, 2.24) is 0 Å². The molecule has 110 valence electrons. The van der Waals surface area contributed by atoms with Crippen molar-refractivity contribution in [3.8, 4) is 0 Å². The summed E-state index contributed by atoms with van der Waals surface area (Å²) < 4.78 is 13.2. The van der Waals surface area contributed by atoms with E-state index in [1.807, 2.05) is 6.07 Å². The molecular weight excluding hydrogens is 261 g/mol. The minimum Gasteiger partial charge on any atom is -0.378 e. The van der Waals surface area contributed by atoms with E-state index in [2.05, 4.69) is 36.5 Å². The average Bonchev–Trinajstić information content (AvgIpc) is 2.88. The second kappa shape index (κ2) is 6.30. The van der Waals surface area contributed by atoms with Gasteiger partial charge >= 0.3 is 0 Å². The number of aryl methyl sites for hydroxylation is 2. The van der Waals surface area contributed by atoms with E-state index in [0.29, 0.717) is 6.04 Å². The normalized spacial score (nSPS) is 16.8. The molecular formula is C19H22FN. The van der Waals surface area contributed by atoms with Crippen molar-refractivity contribution < 1.29 is 4.39 Å². The first-order chi connectivity index (χ1) is 10.3. The van der Waals surface area contributed by atoms with Gasteiger partial charge in [-0.15, -0.1) is 0 Å². The summed E-state index contributed by atoms with van der Waals surface area (Å²) in [7, 11) is 0. The lowest BCUT2D eigenvalue weighted by atomic mass is 10.1. The maximum Gasteiger partial charge on any atom is 0.123 e. The molecule has 0 saturated heterocycles. The quantitative estimate of drug-likeness (QED) is 0.788. The summed E-state index contributed by atoms with van der Waals surface area (Å²) in [5.41, 5.74) is 4.94. The molecule has 0 heterocycles. The highest BCUT2D eigenvalue weighted by Gasteiger charge is 2.22. The van der Waals surface area contributed by atoms with Crippen molar-refractivity contribution in [2.45, 2.75) is 45.1 Å². The smallest absolute Gasteiger partial charge is 0.123 e. The highest BCUT2D eigenvalue weighted by Crippen LogP contribution is 2.34. The molecule has 1 nitrogen and oxygen atoms in total. The van der Waals surface area contributed by atoms with Gasteiger partial charge < -0.3 is 5.32 Å². The van der Waals surface area contributed by atoms with Gasteiger partial charge in [-0.05, 0) is 66.6 Å². The van der Waals surface area contributed by atoms with Gasteiger partial charge in [-0.25, -0.2) is 4.39 Å². The maximum absolute atomic E-state index is 13.2. The Balaban J connectivity index is 1.68. The summed E-state index contributed by atoms with van der Waals surface area (Å²) in [5.74, 6) is -0.130. The molecule has 1 aliphatic carbocycles. The lowest BCUT2D eigenvalue weighted by Gasteiger charge is -2.16. The van der Waals surface area contributed by atoms with E-state index in [1.54, 1.807) is 12.1 Å². The molecule has 1 atom stereocenters. The Morgan fingerprint density at radius 3 is 2.71 bits per heavy atom. The van der Waals surface area contributed by atoms with Crippen molar-refractivity contribution >= 4 is 5.69 Å². The van der Waals surface area contributed by atoms with Crippen LogP contribution in [0.2, 0.25) is 0 Å². The Labute approximate surface area is 126 Å². The van der Waals surface area contributed by atoms with Crippen molar-refractivity contribution in [3.63, 3.8) is 0 Å². The number of anilines is 1. The fourth-order valence-corrected chi connectivity index (χ4v) is 3.09. The van der Waals surface area contributed by atoms with E-state index in [9.17, 15) is 4.39 Å². The van der Waals surface area contributed by atoms with Crippen molar-refractivity contribution in [2.75, 3.05) is 5.32 Å². The Morgan fingerprint density at radius 2 is 1.95 bits per heavy atom. The predicted molar refractivity (Wildman–Crippen MR) is 86.1 cm³/mol. The van der Waals surface area contributed by atoms with Gasteiger partial charge in [-0.3, -0.25) is 0 Å². The zero-order valence-corrected chi connectivity index (χ0v) is 12.5. The molecule has 0 aliphatic heterocycles. The van der Waals surface area contributed by atoms with Crippen LogP contribution in [0.3, 0.4) is 0 Å². The molecule has 2 heteroatoms. The second-order valence-corrected chi connectivity index (χ2v) is 5.88. The van der Waals surface area contributed by atoms with Gasteiger partial charge in [0.1, 0.15) is 5.82 Å². The first-order valence-electron chi connectivity index (χ1n) is 7.90. The van der Waals surface area contributed by atoms with Gasteiger partial charge in [0.15, 0.2) is 0 Å². The molecule has 2 aromatic carbocycles. The fraction of sp³-hybridized carbons (Fsp3) is 0.368. The molecule has 3 rings (SSSR count). The minimum absolute atomic E-state index is 0.130. The number of halogens is 1. The van der Waals surface area contributed by atoms with E-state index < -0.39 is 0 Å². The minimum atomic E-state index is -0.130. The van der Waals surface area contributed by atoms with Crippen LogP contribution in [-0.2, 0) is 12.8 Å². The predicted octanol–water partition coefficient (Wildman–Crippen LogP) is 5.27. The number of hydrogen-bond acceptors (Lipinski definition) is 1. The van der Waals surface area contributed by atoms with Gasteiger partial charge in [0.05, 0.1) is 6.04 Å². The molecule has 0 bridgehead atoms. The van der Waals surface area contributed by atoms with Gasteiger partial charge in [0.2, 0.25) is 0 Å². The van der Waals surface area contributed by atoms with Crippen LogP contribution < -0.4 is 5.32 Å².